The number of carbonyl (C=O) groups is 1. The monoisotopic (exact) mass is 325 g/mol. The van der Waals surface area contributed by atoms with Gasteiger partial charge in [0.05, 0.1) is 6.04 Å². The van der Waals surface area contributed by atoms with E-state index >= 15 is 0 Å². The standard InChI is InChI=1S/C21H27NO2/c1-6-20(18-9-7-14(2)16(4)11-18)22-21(23)13-24-19-10-8-15(3)17(5)12-19/h7-12,20H,6,13H2,1-5H3,(H,22,23)/t20-/m1/s1. The predicted molar refractivity (Wildman–Crippen MR) is 98.5 cm³/mol. The third kappa shape index (κ3) is 4.60. The molecule has 3 heteroatoms. The van der Waals surface area contributed by atoms with E-state index < -0.39 is 0 Å². The van der Waals surface area contributed by atoms with E-state index in [1.165, 1.54) is 16.7 Å². The second-order valence-electron chi connectivity index (χ2n) is 6.41. The zero-order valence-electron chi connectivity index (χ0n) is 15.3. The highest BCUT2D eigenvalue weighted by Gasteiger charge is 2.14. The van der Waals surface area contributed by atoms with Gasteiger partial charge in [-0.2, -0.15) is 0 Å². The SMILES string of the molecule is CC[C@@H](NC(=O)COc1ccc(C)c(C)c1)c1ccc(C)c(C)c1. The zero-order chi connectivity index (χ0) is 17.7. The quantitative estimate of drug-likeness (QED) is 0.845. The largest absolute Gasteiger partial charge is 0.484 e. The molecule has 0 aliphatic rings. The number of rotatable bonds is 6. The Morgan fingerprint density at radius 2 is 1.58 bits per heavy atom. The zero-order valence-corrected chi connectivity index (χ0v) is 15.3. The van der Waals surface area contributed by atoms with E-state index in [1.54, 1.807) is 0 Å². The Morgan fingerprint density at radius 1 is 0.958 bits per heavy atom. The minimum Gasteiger partial charge on any atom is -0.484 e. The first-order valence-corrected chi connectivity index (χ1v) is 8.47. The summed E-state index contributed by atoms with van der Waals surface area (Å²) in [7, 11) is 0. The second kappa shape index (κ2) is 8.00. The Kier molecular flexibility index (Phi) is 6.02. The molecule has 3 nitrogen and oxygen atoms in total. The van der Waals surface area contributed by atoms with Gasteiger partial charge >= 0.3 is 0 Å². The van der Waals surface area contributed by atoms with Crippen LogP contribution in [0.4, 0.5) is 0 Å². The van der Waals surface area contributed by atoms with E-state index in [0.29, 0.717) is 0 Å². The highest BCUT2D eigenvalue weighted by Crippen LogP contribution is 2.20. The Bertz CT molecular complexity index is 722. The first-order chi connectivity index (χ1) is 11.4. The Labute approximate surface area is 145 Å². The molecule has 2 rings (SSSR count). The van der Waals surface area contributed by atoms with Crippen molar-refractivity contribution in [1.82, 2.24) is 5.32 Å². The Morgan fingerprint density at radius 3 is 2.17 bits per heavy atom. The van der Waals surface area contributed by atoms with E-state index in [9.17, 15) is 4.79 Å². The maximum absolute atomic E-state index is 12.2. The van der Waals surface area contributed by atoms with Crippen LogP contribution in [0, 0.1) is 27.7 Å². The molecule has 1 amide bonds. The number of hydrogen-bond acceptors (Lipinski definition) is 2. The van der Waals surface area contributed by atoms with Crippen LogP contribution in [0.1, 0.15) is 47.2 Å². The van der Waals surface area contributed by atoms with Gasteiger partial charge in [-0.1, -0.05) is 31.2 Å². The lowest BCUT2D eigenvalue weighted by molar-refractivity contribution is -0.123. The molecule has 0 radical (unpaired) electrons. The summed E-state index contributed by atoms with van der Waals surface area (Å²) in [6.07, 6.45) is 0.845. The summed E-state index contributed by atoms with van der Waals surface area (Å²) in [6.45, 7) is 10.4. The summed E-state index contributed by atoms with van der Waals surface area (Å²) in [5, 5.41) is 3.06. The van der Waals surface area contributed by atoms with Gasteiger partial charge in [0.2, 0.25) is 0 Å². The fourth-order valence-corrected chi connectivity index (χ4v) is 2.59. The summed E-state index contributed by atoms with van der Waals surface area (Å²) < 4.78 is 5.62. The van der Waals surface area contributed by atoms with Crippen molar-refractivity contribution in [3.05, 3.63) is 64.2 Å². The lowest BCUT2D eigenvalue weighted by Gasteiger charge is -2.19. The highest BCUT2D eigenvalue weighted by atomic mass is 16.5. The van der Waals surface area contributed by atoms with Gasteiger partial charge in [0, 0.05) is 0 Å². The number of carbonyl (C=O) groups excluding carboxylic acids is 1. The number of aryl methyl sites for hydroxylation is 4. The van der Waals surface area contributed by atoms with Crippen molar-refractivity contribution in [3.63, 3.8) is 0 Å². The average molecular weight is 325 g/mol. The lowest BCUT2D eigenvalue weighted by Crippen LogP contribution is -2.32. The van der Waals surface area contributed by atoms with Crippen LogP contribution in [0.15, 0.2) is 36.4 Å². The van der Waals surface area contributed by atoms with Crippen LogP contribution in [0.25, 0.3) is 0 Å². The molecule has 0 unspecified atom stereocenters. The molecule has 24 heavy (non-hydrogen) atoms. The first kappa shape index (κ1) is 18.1. The van der Waals surface area contributed by atoms with Gasteiger partial charge in [-0.15, -0.1) is 0 Å². The van der Waals surface area contributed by atoms with Gasteiger partial charge in [0.25, 0.3) is 5.91 Å². The van der Waals surface area contributed by atoms with Crippen LogP contribution < -0.4 is 10.1 Å². The number of amides is 1. The minimum atomic E-state index is -0.0988. The fourth-order valence-electron chi connectivity index (χ4n) is 2.59. The van der Waals surface area contributed by atoms with E-state index in [4.69, 9.17) is 4.74 Å². The molecule has 0 aromatic heterocycles. The van der Waals surface area contributed by atoms with E-state index in [2.05, 4.69) is 51.2 Å². The average Bonchev–Trinajstić information content (AvgIpc) is 2.56. The molecular formula is C21H27NO2. The van der Waals surface area contributed by atoms with Crippen LogP contribution in [-0.2, 0) is 4.79 Å². The molecule has 0 saturated heterocycles. The minimum absolute atomic E-state index is 0.0140. The molecule has 0 aliphatic heterocycles. The predicted octanol–water partition coefficient (Wildman–Crippen LogP) is 4.57. The number of benzene rings is 2. The molecule has 1 N–H and O–H groups in total. The summed E-state index contributed by atoms with van der Waals surface area (Å²) in [5.41, 5.74) is 6.02. The molecule has 0 spiro atoms. The highest BCUT2D eigenvalue weighted by molar-refractivity contribution is 5.78. The maximum atomic E-state index is 12.2. The summed E-state index contributed by atoms with van der Waals surface area (Å²) in [4.78, 5) is 12.2. The molecular weight excluding hydrogens is 298 g/mol. The molecule has 0 heterocycles. The topological polar surface area (TPSA) is 38.3 Å². The van der Waals surface area contributed by atoms with E-state index in [-0.39, 0.29) is 18.6 Å². The fraction of sp³-hybridized carbons (Fsp3) is 0.381. The maximum Gasteiger partial charge on any atom is 0.258 e. The van der Waals surface area contributed by atoms with Crippen LogP contribution in [0.3, 0.4) is 0 Å². The van der Waals surface area contributed by atoms with E-state index in [0.717, 1.165) is 23.3 Å². The van der Waals surface area contributed by atoms with Crippen LogP contribution in [0.2, 0.25) is 0 Å². The summed E-state index contributed by atoms with van der Waals surface area (Å²) in [5.74, 6) is 0.630. The first-order valence-electron chi connectivity index (χ1n) is 8.47. The van der Waals surface area contributed by atoms with Crippen molar-refractivity contribution < 1.29 is 9.53 Å². The normalized spacial score (nSPS) is 11.9. The number of nitrogens with one attached hydrogen (secondary N) is 1. The Balaban J connectivity index is 1.96. The van der Waals surface area contributed by atoms with Crippen LogP contribution >= 0.6 is 0 Å². The van der Waals surface area contributed by atoms with Crippen LogP contribution in [0.5, 0.6) is 5.75 Å². The molecule has 0 saturated carbocycles. The van der Waals surface area contributed by atoms with Gasteiger partial charge in [-0.05, 0) is 74.1 Å². The van der Waals surface area contributed by atoms with Crippen LogP contribution in [-0.4, -0.2) is 12.5 Å². The molecule has 0 bridgehead atoms. The van der Waals surface area contributed by atoms with Crippen molar-refractivity contribution in [1.29, 1.82) is 0 Å². The van der Waals surface area contributed by atoms with Crippen molar-refractivity contribution in [2.75, 3.05) is 6.61 Å². The second-order valence-corrected chi connectivity index (χ2v) is 6.41. The molecule has 0 fully saturated rings. The van der Waals surface area contributed by atoms with Gasteiger partial charge in [0.1, 0.15) is 5.75 Å². The van der Waals surface area contributed by atoms with Gasteiger partial charge in [-0.3, -0.25) is 4.79 Å². The molecule has 1 atom stereocenters. The summed E-state index contributed by atoms with van der Waals surface area (Å²) >= 11 is 0. The third-order valence-electron chi connectivity index (χ3n) is 4.53. The van der Waals surface area contributed by atoms with Gasteiger partial charge in [0.15, 0.2) is 6.61 Å². The van der Waals surface area contributed by atoms with Crippen molar-refractivity contribution >= 4 is 5.91 Å². The van der Waals surface area contributed by atoms with Gasteiger partial charge < -0.3 is 10.1 Å². The lowest BCUT2D eigenvalue weighted by atomic mass is 9.99. The Hall–Kier alpha value is -2.29. The van der Waals surface area contributed by atoms with Crippen molar-refractivity contribution in [2.45, 2.75) is 47.1 Å². The number of hydrogen-bond donors (Lipinski definition) is 1. The molecule has 2 aromatic carbocycles. The molecule has 2 aromatic rings. The third-order valence-corrected chi connectivity index (χ3v) is 4.53. The smallest absolute Gasteiger partial charge is 0.258 e. The van der Waals surface area contributed by atoms with Crippen molar-refractivity contribution in [3.8, 4) is 5.75 Å². The molecule has 0 aliphatic carbocycles. The summed E-state index contributed by atoms with van der Waals surface area (Å²) in [6, 6.07) is 12.2. The van der Waals surface area contributed by atoms with E-state index in [1.807, 2.05) is 25.1 Å². The van der Waals surface area contributed by atoms with Crippen molar-refractivity contribution in [2.24, 2.45) is 0 Å². The van der Waals surface area contributed by atoms with Gasteiger partial charge in [-0.25, -0.2) is 0 Å². The number of ether oxygens (including phenoxy) is 1. The molecule has 128 valence electrons.